The summed E-state index contributed by atoms with van der Waals surface area (Å²) in [7, 11) is -3.95. The minimum absolute atomic E-state index is 0.0423. The van der Waals surface area contributed by atoms with Crippen molar-refractivity contribution in [2.45, 2.75) is 56.9 Å². The third-order valence-corrected chi connectivity index (χ3v) is 6.66. The van der Waals surface area contributed by atoms with Gasteiger partial charge in [-0.25, -0.2) is 4.79 Å². The first-order valence-corrected chi connectivity index (χ1v) is 11.5. The van der Waals surface area contributed by atoms with Gasteiger partial charge in [-0.1, -0.05) is 24.9 Å². The molecule has 0 aromatic heterocycles. The second-order valence-electron chi connectivity index (χ2n) is 7.20. The topological polar surface area (TPSA) is 105 Å². The molecule has 0 saturated carbocycles. The van der Waals surface area contributed by atoms with E-state index in [4.69, 9.17) is 16.3 Å². The molecule has 2 aliphatic heterocycles. The Balaban J connectivity index is 1.86. The number of nitrogens with one attached hydrogen (secondary N) is 1. The number of amides is 1. The van der Waals surface area contributed by atoms with Gasteiger partial charge in [-0.05, 0) is 38.3 Å². The highest BCUT2D eigenvalue weighted by Crippen LogP contribution is 2.38. The third kappa shape index (κ3) is 4.72. The molecule has 0 aliphatic carbocycles. The summed E-state index contributed by atoms with van der Waals surface area (Å²) in [5.74, 6) is -0.797. The zero-order chi connectivity index (χ0) is 21.2. The Morgan fingerprint density at radius 2 is 2.07 bits per heavy atom. The number of esters is 1. The van der Waals surface area contributed by atoms with Gasteiger partial charge in [0, 0.05) is 19.0 Å². The van der Waals surface area contributed by atoms with E-state index in [1.54, 1.807) is 0 Å². The number of halogens is 1. The number of nitrogens with zero attached hydrogens (tertiary/aromatic N) is 2. The van der Waals surface area contributed by atoms with Crippen LogP contribution < -0.4 is 10.2 Å². The van der Waals surface area contributed by atoms with Crippen molar-refractivity contribution >= 4 is 45.0 Å². The normalized spacial score (nSPS) is 18.6. The summed E-state index contributed by atoms with van der Waals surface area (Å²) in [5.41, 5.74) is 0.312. The van der Waals surface area contributed by atoms with Crippen molar-refractivity contribution in [3.63, 3.8) is 0 Å². The van der Waals surface area contributed by atoms with Crippen molar-refractivity contribution in [3.8, 4) is 0 Å². The zero-order valence-electron chi connectivity index (χ0n) is 16.4. The predicted molar refractivity (Wildman–Crippen MR) is 110 cm³/mol. The van der Waals surface area contributed by atoms with Crippen LogP contribution in [0.1, 0.15) is 56.3 Å². The quantitative estimate of drug-likeness (QED) is 0.704. The fraction of sp³-hybridized carbons (Fsp3) is 0.526. The SMILES string of the molecule is CCC(C)NC(=O)COC(=O)c1cc2c(cc1Cl)N1CCCCCC1=NS2(=O)=O. The van der Waals surface area contributed by atoms with Crippen LogP contribution in [0.5, 0.6) is 0 Å². The minimum Gasteiger partial charge on any atom is -0.452 e. The van der Waals surface area contributed by atoms with E-state index in [2.05, 4.69) is 9.71 Å². The molecule has 1 unspecified atom stereocenters. The van der Waals surface area contributed by atoms with Crippen molar-refractivity contribution < 1.29 is 22.7 Å². The molecule has 10 heteroatoms. The van der Waals surface area contributed by atoms with Crippen molar-refractivity contribution in [1.82, 2.24) is 5.32 Å². The lowest BCUT2D eigenvalue weighted by molar-refractivity contribution is -0.124. The Hall–Kier alpha value is -2.13. The molecule has 0 spiro atoms. The maximum atomic E-state index is 12.7. The third-order valence-electron chi connectivity index (χ3n) is 5.01. The molecule has 0 bridgehead atoms. The van der Waals surface area contributed by atoms with Crippen molar-refractivity contribution in [3.05, 3.63) is 22.7 Å². The summed E-state index contributed by atoms with van der Waals surface area (Å²) in [5, 5.41) is 2.75. The maximum Gasteiger partial charge on any atom is 0.340 e. The van der Waals surface area contributed by atoms with E-state index < -0.39 is 28.5 Å². The van der Waals surface area contributed by atoms with Gasteiger partial charge in [-0.15, -0.1) is 4.40 Å². The standard InChI is InChI=1S/C19H24ClN3O5S/c1-3-12(2)21-18(24)11-28-19(25)13-9-16-15(10-14(13)20)23-8-6-4-5-7-17(23)22-29(16,26)27/h9-10,12H,3-8,11H2,1-2H3,(H,21,24). The number of rotatable bonds is 5. The molecule has 1 fully saturated rings. The van der Waals surface area contributed by atoms with Crippen LogP contribution in [0.3, 0.4) is 0 Å². The van der Waals surface area contributed by atoms with Crippen LogP contribution in [0, 0.1) is 0 Å². The molecule has 1 aromatic carbocycles. The maximum absolute atomic E-state index is 12.7. The summed E-state index contributed by atoms with van der Waals surface area (Å²) < 4.78 is 34.3. The van der Waals surface area contributed by atoms with Crippen LogP contribution in [0.15, 0.2) is 21.4 Å². The van der Waals surface area contributed by atoms with E-state index in [9.17, 15) is 18.0 Å². The second kappa shape index (κ2) is 8.71. The van der Waals surface area contributed by atoms with E-state index in [1.165, 1.54) is 12.1 Å². The van der Waals surface area contributed by atoms with Crippen LogP contribution in [0.4, 0.5) is 5.69 Å². The molecular weight excluding hydrogens is 418 g/mol. The molecule has 1 saturated heterocycles. The highest BCUT2D eigenvalue weighted by molar-refractivity contribution is 7.90. The van der Waals surface area contributed by atoms with Crippen molar-refractivity contribution in [1.29, 1.82) is 0 Å². The molecule has 1 atom stereocenters. The first kappa shape index (κ1) is 21.6. The second-order valence-corrected chi connectivity index (χ2v) is 9.18. The lowest BCUT2D eigenvalue weighted by atomic mass is 10.1. The summed E-state index contributed by atoms with van der Waals surface area (Å²) >= 11 is 6.28. The van der Waals surface area contributed by atoms with E-state index >= 15 is 0 Å². The van der Waals surface area contributed by atoms with Gasteiger partial charge in [0.15, 0.2) is 6.61 Å². The Kier molecular flexibility index (Phi) is 6.48. The summed E-state index contributed by atoms with van der Waals surface area (Å²) in [6, 6.07) is 2.61. The van der Waals surface area contributed by atoms with Gasteiger partial charge in [-0.3, -0.25) is 4.79 Å². The highest BCUT2D eigenvalue weighted by Gasteiger charge is 2.33. The number of fused-ring (bicyclic) bond motifs is 3. The number of hydrogen-bond donors (Lipinski definition) is 1. The van der Waals surface area contributed by atoms with Crippen LogP contribution >= 0.6 is 11.6 Å². The van der Waals surface area contributed by atoms with Gasteiger partial charge < -0.3 is 15.0 Å². The highest BCUT2D eigenvalue weighted by atomic mass is 35.5. The molecule has 8 nitrogen and oxygen atoms in total. The molecule has 1 N–H and O–H groups in total. The molecule has 1 amide bonds. The lowest BCUT2D eigenvalue weighted by Gasteiger charge is -2.30. The number of ether oxygens (including phenoxy) is 1. The number of hydrogen-bond acceptors (Lipinski definition) is 6. The Morgan fingerprint density at radius 3 is 2.79 bits per heavy atom. The zero-order valence-corrected chi connectivity index (χ0v) is 18.0. The Bertz CT molecular complexity index is 961. The van der Waals surface area contributed by atoms with Gasteiger partial charge >= 0.3 is 5.97 Å². The molecular formula is C19H24ClN3O5S. The van der Waals surface area contributed by atoms with Crippen molar-refractivity contribution in [2.24, 2.45) is 4.40 Å². The Morgan fingerprint density at radius 1 is 1.31 bits per heavy atom. The lowest BCUT2D eigenvalue weighted by Crippen LogP contribution is -2.36. The van der Waals surface area contributed by atoms with Crippen LogP contribution in [-0.2, 0) is 19.6 Å². The molecule has 2 aliphatic rings. The van der Waals surface area contributed by atoms with E-state index in [0.29, 0.717) is 24.5 Å². The van der Waals surface area contributed by atoms with Crippen molar-refractivity contribution in [2.75, 3.05) is 18.1 Å². The monoisotopic (exact) mass is 441 g/mol. The number of carbonyl (C=O) groups excluding carboxylic acids is 2. The molecule has 29 heavy (non-hydrogen) atoms. The first-order chi connectivity index (χ1) is 13.7. The fourth-order valence-corrected chi connectivity index (χ4v) is 4.78. The van der Waals surface area contributed by atoms with E-state index in [-0.39, 0.29) is 21.5 Å². The molecule has 2 heterocycles. The summed E-state index contributed by atoms with van der Waals surface area (Å²) in [6.07, 6.45) is 4.09. The average molecular weight is 442 g/mol. The van der Waals surface area contributed by atoms with Gasteiger partial charge in [0.25, 0.3) is 15.9 Å². The van der Waals surface area contributed by atoms with Crippen LogP contribution in [-0.4, -0.2) is 45.3 Å². The minimum atomic E-state index is -3.95. The van der Waals surface area contributed by atoms with Crippen LogP contribution in [0.25, 0.3) is 0 Å². The number of carbonyl (C=O) groups is 2. The number of sulfonamides is 1. The largest absolute Gasteiger partial charge is 0.452 e. The Labute approximate surface area is 175 Å². The molecule has 3 rings (SSSR count). The van der Waals surface area contributed by atoms with Gasteiger partial charge in [0.05, 0.1) is 16.3 Å². The van der Waals surface area contributed by atoms with Gasteiger partial charge in [-0.2, -0.15) is 8.42 Å². The molecule has 1 aromatic rings. The first-order valence-electron chi connectivity index (χ1n) is 9.64. The molecule has 158 valence electrons. The van der Waals surface area contributed by atoms with E-state index in [0.717, 1.165) is 25.7 Å². The van der Waals surface area contributed by atoms with Gasteiger partial charge in [0.2, 0.25) is 0 Å². The number of benzene rings is 1. The smallest absolute Gasteiger partial charge is 0.340 e. The van der Waals surface area contributed by atoms with Crippen LogP contribution in [0.2, 0.25) is 5.02 Å². The summed E-state index contributed by atoms with van der Waals surface area (Å²) in [6.45, 7) is 3.92. The van der Waals surface area contributed by atoms with Gasteiger partial charge in [0.1, 0.15) is 10.7 Å². The average Bonchev–Trinajstić information content (AvgIpc) is 2.90. The fourth-order valence-electron chi connectivity index (χ4n) is 3.28. The number of anilines is 1. The molecule has 0 radical (unpaired) electrons. The predicted octanol–water partition coefficient (Wildman–Crippen LogP) is 2.89. The number of amidine groups is 1. The van der Waals surface area contributed by atoms with E-state index in [1.807, 2.05) is 18.7 Å². The summed E-state index contributed by atoms with van der Waals surface area (Å²) in [4.78, 5) is 26.0.